The van der Waals surface area contributed by atoms with Crippen LogP contribution in [-0.4, -0.2) is 5.91 Å². The van der Waals surface area contributed by atoms with Gasteiger partial charge in [-0.15, -0.1) is 0 Å². The van der Waals surface area contributed by atoms with Crippen molar-refractivity contribution in [3.05, 3.63) is 69.0 Å². The summed E-state index contributed by atoms with van der Waals surface area (Å²) in [5, 5.41) is 21.1. The van der Waals surface area contributed by atoms with E-state index in [0.29, 0.717) is 16.3 Å². The first-order valence-corrected chi connectivity index (χ1v) is 7.28. The van der Waals surface area contributed by atoms with Crippen LogP contribution in [0, 0.1) is 28.5 Å². The van der Waals surface area contributed by atoms with Crippen LogP contribution in [0.25, 0.3) is 6.08 Å². The largest absolute Gasteiger partial charge is 0.320 e. The van der Waals surface area contributed by atoms with Crippen molar-refractivity contribution in [1.29, 1.82) is 10.5 Å². The zero-order valence-electron chi connectivity index (χ0n) is 12.0. The fourth-order valence-electron chi connectivity index (χ4n) is 1.81. The minimum Gasteiger partial charge on any atom is -0.320 e. The number of carbonyl (C=O) groups excluding carboxylic acids is 1. The Bertz CT molecular complexity index is 926. The van der Waals surface area contributed by atoms with Crippen LogP contribution in [-0.2, 0) is 4.79 Å². The maximum Gasteiger partial charge on any atom is 0.266 e. The number of nitrogens with one attached hydrogen (secondary N) is 1. The van der Waals surface area contributed by atoms with E-state index in [1.54, 1.807) is 12.1 Å². The maximum atomic E-state index is 13.3. The molecule has 0 radical (unpaired) electrons. The minimum absolute atomic E-state index is 0.179. The first-order chi connectivity index (χ1) is 11.4. The number of anilines is 1. The van der Waals surface area contributed by atoms with Gasteiger partial charge in [-0.1, -0.05) is 29.3 Å². The van der Waals surface area contributed by atoms with Gasteiger partial charge in [0.15, 0.2) is 0 Å². The number of hydrogen-bond donors (Lipinski definition) is 1. The summed E-state index contributed by atoms with van der Waals surface area (Å²) in [6.45, 7) is 0. The summed E-state index contributed by atoms with van der Waals surface area (Å²) in [5.41, 5.74) is 0.240. The highest BCUT2D eigenvalue weighted by Crippen LogP contribution is 2.26. The van der Waals surface area contributed by atoms with Crippen LogP contribution in [0.2, 0.25) is 10.0 Å². The number of benzene rings is 2. The zero-order chi connectivity index (χ0) is 17.7. The molecule has 0 aromatic heterocycles. The SMILES string of the molecule is N#C/C(=C\c1ccc(F)c(C#N)c1)C(=O)Nc1ccc(Cl)cc1Cl. The van der Waals surface area contributed by atoms with Crippen LogP contribution in [0.15, 0.2) is 42.0 Å². The average Bonchev–Trinajstić information content (AvgIpc) is 2.56. The molecule has 118 valence electrons. The molecule has 0 aliphatic rings. The fraction of sp³-hybridized carbons (Fsp3) is 0. The normalized spacial score (nSPS) is 10.6. The van der Waals surface area contributed by atoms with E-state index in [1.807, 2.05) is 0 Å². The molecule has 7 heteroatoms. The third-order valence-corrected chi connectivity index (χ3v) is 3.51. The third kappa shape index (κ3) is 4.11. The van der Waals surface area contributed by atoms with Crippen molar-refractivity contribution in [2.45, 2.75) is 0 Å². The molecule has 1 N–H and O–H groups in total. The minimum atomic E-state index is -0.690. The molecule has 0 aliphatic heterocycles. The number of hydrogen-bond acceptors (Lipinski definition) is 3. The summed E-state index contributed by atoms with van der Waals surface area (Å²) in [6.07, 6.45) is 1.25. The standard InChI is InChI=1S/C17H8Cl2FN3O/c18-13-2-4-16(14(19)7-13)23-17(24)12(9-22)6-10-1-3-15(20)11(5-10)8-21/h1-7H,(H,23,24)/b12-6+. The van der Waals surface area contributed by atoms with E-state index in [9.17, 15) is 9.18 Å². The Morgan fingerprint density at radius 2 is 1.92 bits per heavy atom. The van der Waals surface area contributed by atoms with Gasteiger partial charge in [-0.25, -0.2) is 4.39 Å². The summed E-state index contributed by atoms with van der Waals surface area (Å²) in [4.78, 5) is 12.2. The molecular weight excluding hydrogens is 352 g/mol. The molecule has 0 heterocycles. The highest BCUT2D eigenvalue weighted by Gasteiger charge is 2.12. The van der Waals surface area contributed by atoms with Crippen LogP contribution >= 0.6 is 23.2 Å². The second kappa shape index (κ2) is 7.61. The lowest BCUT2D eigenvalue weighted by Crippen LogP contribution is -2.13. The Balaban J connectivity index is 2.29. The molecule has 0 unspecified atom stereocenters. The molecule has 0 fully saturated rings. The van der Waals surface area contributed by atoms with Crippen LogP contribution in [0.1, 0.15) is 11.1 Å². The van der Waals surface area contributed by atoms with E-state index < -0.39 is 11.7 Å². The molecule has 2 aromatic rings. The highest BCUT2D eigenvalue weighted by molar-refractivity contribution is 6.36. The Morgan fingerprint density at radius 3 is 2.54 bits per heavy atom. The molecule has 1 amide bonds. The fourth-order valence-corrected chi connectivity index (χ4v) is 2.27. The Hall–Kier alpha value is -2.86. The quantitative estimate of drug-likeness (QED) is 0.644. The van der Waals surface area contributed by atoms with Gasteiger partial charge in [0.2, 0.25) is 0 Å². The van der Waals surface area contributed by atoms with Crippen molar-refractivity contribution in [2.24, 2.45) is 0 Å². The van der Waals surface area contributed by atoms with Gasteiger partial charge < -0.3 is 5.32 Å². The molecule has 2 aromatic carbocycles. The number of amides is 1. The van der Waals surface area contributed by atoms with Gasteiger partial charge in [-0.05, 0) is 42.0 Å². The van der Waals surface area contributed by atoms with E-state index in [0.717, 1.165) is 6.07 Å². The van der Waals surface area contributed by atoms with Crippen molar-refractivity contribution in [1.82, 2.24) is 0 Å². The van der Waals surface area contributed by atoms with Gasteiger partial charge in [-0.3, -0.25) is 4.79 Å². The second-order valence-electron chi connectivity index (χ2n) is 4.60. The third-order valence-electron chi connectivity index (χ3n) is 2.97. The van der Waals surface area contributed by atoms with Crippen LogP contribution in [0.5, 0.6) is 0 Å². The Kier molecular flexibility index (Phi) is 5.55. The van der Waals surface area contributed by atoms with Gasteiger partial charge in [-0.2, -0.15) is 10.5 Å². The molecule has 0 saturated carbocycles. The molecule has 24 heavy (non-hydrogen) atoms. The van der Waals surface area contributed by atoms with Gasteiger partial charge in [0.1, 0.15) is 23.5 Å². The van der Waals surface area contributed by atoms with E-state index in [1.165, 1.54) is 36.4 Å². The average molecular weight is 360 g/mol. The van der Waals surface area contributed by atoms with Crippen LogP contribution in [0.3, 0.4) is 0 Å². The Labute approximate surface area is 147 Å². The van der Waals surface area contributed by atoms with Crippen molar-refractivity contribution in [2.75, 3.05) is 5.32 Å². The number of nitrogens with zero attached hydrogens (tertiary/aromatic N) is 2. The highest BCUT2D eigenvalue weighted by atomic mass is 35.5. The first kappa shape index (κ1) is 17.5. The summed E-state index contributed by atoms with van der Waals surface area (Å²) in [7, 11) is 0. The molecule has 0 saturated heterocycles. The number of rotatable bonds is 3. The van der Waals surface area contributed by atoms with Crippen molar-refractivity contribution in [3.8, 4) is 12.1 Å². The lowest BCUT2D eigenvalue weighted by molar-refractivity contribution is -0.112. The smallest absolute Gasteiger partial charge is 0.266 e. The van der Waals surface area contributed by atoms with E-state index in [-0.39, 0.29) is 16.2 Å². The molecule has 0 spiro atoms. The molecular formula is C17H8Cl2FN3O. The molecule has 0 aliphatic carbocycles. The van der Waals surface area contributed by atoms with E-state index in [2.05, 4.69) is 5.32 Å². The van der Waals surface area contributed by atoms with Crippen LogP contribution < -0.4 is 5.32 Å². The maximum absolute atomic E-state index is 13.3. The number of halogens is 3. The molecule has 0 atom stereocenters. The van der Waals surface area contributed by atoms with E-state index in [4.69, 9.17) is 33.7 Å². The lowest BCUT2D eigenvalue weighted by atomic mass is 10.1. The first-order valence-electron chi connectivity index (χ1n) is 6.52. The van der Waals surface area contributed by atoms with Gasteiger partial charge in [0.05, 0.1) is 16.3 Å². The summed E-state index contributed by atoms with van der Waals surface area (Å²) in [5.74, 6) is -1.37. The van der Waals surface area contributed by atoms with Crippen LogP contribution in [0.4, 0.5) is 10.1 Å². The number of carbonyl (C=O) groups is 1. The van der Waals surface area contributed by atoms with E-state index >= 15 is 0 Å². The predicted molar refractivity (Wildman–Crippen MR) is 89.8 cm³/mol. The monoisotopic (exact) mass is 359 g/mol. The van der Waals surface area contributed by atoms with Gasteiger partial charge in [0.25, 0.3) is 5.91 Å². The van der Waals surface area contributed by atoms with Crippen molar-refractivity contribution in [3.63, 3.8) is 0 Å². The topological polar surface area (TPSA) is 76.7 Å². The lowest BCUT2D eigenvalue weighted by Gasteiger charge is -2.07. The molecule has 0 bridgehead atoms. The van der Waals surface area contributed by atoms with Gasteiger partial charge in [0, 0.05) is 5.02 Å². The summed E-state index contributed by atoms with van der Waals surface area (Å²) < 4.78 is 13.3. The zero-order valence-corrected chi connectivity index (χ0v) is 13.5. The summed E-state index contributed by atoms with van der Waals surface area (Å²) in [6, 6.07) is 11.6. The summed E-state index contributed by atoms with van der Waals surface area (Å²) >= 11 is 11.7. The molecule has 4 nitrogen and oxygen atoms in total. The Morgan fingerprint density at radius 1 is 1.17 bits per heavy atom. The molecule has 2 rings (SSSR count). The second-order valence-corrected chi connectivity index (χ2v) is 5.44. The number of nitriles is 2. The van der Waals surface area contributed by atoms with Crippen molar-refractivity contribution >= 4 is 40.9 Å². The van der Waals surface area contributed by atoms with Gasteiger partial charge >= 0.3 is 0 Å². The predicted octanol–water partition coefficient (Wildman–Crippen LogP) is 4.55. The van der Waals surface area contributed by atoms with Crippen molar-refractivity contribution < 1.29 is 9.18 Å².